The summed E-state index contributed by atoms with van der Waals surface area (Å²) < 4.78 is 13.7. The molecule has 0 radical (unpaired) electrons. The number of aryl methyl sites for hydroxylation is 2. The fourth-order valence-corrected chi connectivity index (χ4v) is 4.29. The van der Waals surface area contributed by atoms with E-state index in [2.05, 4.69) is 17.3 Å². The molecule has 1 N–H and O–H groups in total. The Kier molecular flexibility index (Phi) is 4.65. The Bertz CT molecular complexity index is 1380. The van der Waals surface area contributed by atoms with Crippen LogP contribution in [0.5, 0.6) is 11.5 Å². The molecule has 164 valence electrons. The van der Waals surface area contributed by atoms with Gasteiger partial charge in [-0.2, -0.15) is 5.10 Å². The molecule has 0 spiro atoms. The first-order chi connectivity index (χ1) is 15.4. The summed E-state index contributed by atoms with van der Waals surface area (Å²) in [5, 5.41) is 7.73. The molecule has 0 aliphatic carbocycles. The van der Waals surface area contributed by atoms with E-state index in [0.29, 0.717) is 34.0 Å². The molecule has 0 bridgehead atoms. The number of amides is 2. The Labute approximate surface area is 184 Å². The van der Waals surface area contributed by atoms with Gasteiger partial charge in [0.05, 0.1) is 17.3 Å². The number of hydrogen-bond donors (Lipinski definition) is 1. The van der Waals surface area contributed by atoms with Crippen LogP contribution in [0.2, 0.25) is 0 Å². The van der Waals surface area contributed by atoms with Crippen LogP contribution in [0, 0.1) is 13.8 Å². The molecule has 3 aromatic heterocycles. The van der Waals surface area contributed by atoms with Crippen LogP contribution in [-0.4, -0.2) is 46.0 Å². The highest BCUT2D eigenvalue weighted by molar-refractivity contribution is 6.07. The lowest BCUT2D eigenvalue weighted by molar-refractivity contribution is 0.0501. The number of fused-ring (bicyclic) bond motifs is 2. The number of furan rings is 1. The number of ether oxygens (including phenoxy) is 1. The number of nitrogens with zero attached hydrogens (tertiary/aromatic N) is 3. The normalized spacial score (nSPS) is 15.8. The molecule has 1 aromatic carbocycles. The molecule has 8 heteroatoms. The maximum atomic E-state index is 13.0. The standard InChI is InChI=1S/C24H24N4O4/c1-13-8-10-27(13)24(30)18-12-28-22(14(18)2)19(7-9-26-28)32-16-5-6-17-20(11-16)31-15(3)21(17)23(29)25-4/h5-7,9,11-13H,8,10H2,1-4H3,(H,25,29)/t13-/m0/s1. The minimum atomic E-state index is -0.191. The second kappa shape index (κ2) is 7.40. The molecular weight excluding hydrogens is 408 g/mol. The van der Waals surface area contributed by atoms with Gasteiger partial charge < -0.3 is 19.4 Å². The average molecular weight is 432 g/mol. The molecule has 1 atom stereocenters. The molecule has 0 saturated carbocycles. The SMILES string of the molecule is CNC(=O)c1c(C)oc2cc(Oc3ccnn4cc(C(=O)N5CC[C@@H]5C)c(C)c34)ccc12. The van der Waals surface area contributed by atoms with Crippen molar-refractivity contribution < 1.29 is 18.7 Å². The first-order valence-electron chi connectivity index (χ1n) is 10.6. The van der Waals surface area contributed by atoms with E-state index in [1.54, 1.807) is 49.1 Å². The lowest BCUT2D eigenvalue weighted by Gasteiger charge is -2.38. The number of likely N-dealkylation sites (tertiary alicyclic amines) is 1. The summed E-state index contributed by atoms with van der Waals surface area (Å²) in [5.41, 5.74) is 3.29. The van der Waals surface area contributed by atoms with Gasteiger partial charge in [0, 0.05) is 43.4 Å². The zero-order valence-corrected chi connectivity index (χ0v) is 18.4. The zero-order chi connectivity index (χ0) is 22.6. The van der Waals surface area contributed by atoms with Crippen LogP contribution in [0.3, 0.4) is 0 Å². The lowest BCUT2D eigenvalue weighted by atomic mass is 10.0. The highest BCUT2D eigenvalue weighted by Gasteiger charge is 2.31. The number of rotatable bonds is 4. The fraction of sp³-hybridized carbons (Fsp3) is 0.292. The largest absolute Gasteiger partial charge is 0.460 e. The van der Waals surface area contributed by atoms with E-state index in [4.69, 9.17) is 9.15 Å². The predicted octanol–water partition coefficient (Wildman–Crippen LogP) is 4.08. The van der Waals surface area contributed by atoms with Gasteiger partial charge in [-0.25, -0.2) is 4.52 Å². The molecule has 4 heterocycles. The molecule has 32 heavy (non-hydrogen) atoms. The second-order valence-corrected chi connectivity index (χ2v) is 8.17. The number of carbonyl (C=O) groups excluding carboxylic acids is 2. The summed E-state index contributed by atoms with van der Waals surface area (Å²) in [7, 11) is 1.59. The second-order valence-electron chi connectivity index (χ2n) is 8.17. The highest BCUT2D eigenvalue weighted by atomic mass is 16.5. The molecule has 8 nitrogen and oxygen atoms in total. The number of nitrogens with one attached hydrogen (secondary N) is 1. The van der Waals surface area contributed by atoms with Crippen LogP contribution in [0.4, 0.5) is 0 Å². The first kappa shape index (κ1) is 20.1. The molecular formula is C24H24N4O4. The summed E-state index contributed by atoms with van der Waals surface area (Å²) in [4.78, 5) is 27.0. The van der Waals surface area contributed by atoms with E-state index in [0.717, 1.165) is 29.4 Å². The summed E-state index contributed by atoms with van der Waals surface area (Å²) in [6, 6.07) is 7.41. The van der Waals surface area contributed by atoms with E-state index >= 15 is 0 Å². The van der Waals surface area contributed by atoms with Crippen molar-refractivity contribution in [1.29, 1.82) is 0 Å². The van der Waals surface area contributed by atoms with Gasteiger partial charge in [-0.1, -0.05) is 0 Å². The molecule has 1 saturated heterocycles. The van der Waals surface area contributed by atoms with Gasteiger partial charge in [-0.15, -0.1) is 0 Å². The fourth-order valence-electron chi connectivity index (χ4n) is 4.29. The van der Waals surface area contributed by atoms with Gasteiger partial charge >= 0.3 is 0 Å². The third-order valence-corrected chi connectivity index (χ3v) is 6.22. The first-order valence-corrected chi connectivity index (χ1v) is 10.6. The van der Waals surface area contributed by atoms with Crippen LogP contribution in [0.25, 0.3) is 16.5 Å². The average Bonchev–Trinajstić information content (AvgIpc) is 3.28. The predicted molar refractivity (Wildman–Crippen MR) is 119 cm³/mol. The molecule has 0 unspecified atom stereocenters. The van der Waals surface area contributed by atoms with Crippen molar-refractivity contribution in [3.8, 4) is 11.5 Å². The van der Waals surface area contributed by atoms with Crippen molar-refractivity contribution in [3.05, 3.63) is 59.1 Å². The van der Waals surface area contributed by atoms with Crippen LogP contribution in [-0.2, 0) is 0 Å². The Morgan fingerprint density at radius 1 is 1.25 bits per heavy atom. The molecule has 1 aliphatic rings. The van der Waals surface area contributed by atoms with Crippen LogP contribution < -0.4 is 10.1 Å². The number of hydrogen-bond acceptors (Lipinski definition) is 5. The van der Waals surface area contributed by atoms with Crippen molar-refractivity contribution in [2.45, 2.75) is 33.2 Å². The highest BCUT2D eigenvalue weighted by Crippen LogP contribution is 2.34. The Morgan fingerprint density at radius 2 is 2.06 bits per heavy atom. The monoisotopic (exact) mass is 432 g/mol. The van der Waals surface area contributed by atoms with Crippen molar-refractivity contribution >= 4 is 28.3 Å². The van der Waals surface area contributed by atoms with E-state index in [9.17, 15) is 9.59 Å². The number of aromatic nitrogens is 2. The van der Waals surface area contributed by atoms with Crippen molar-refractivity contribution in [3.63, 3.8) is 0 Å². The summed E-state index contributed by atoms with van der Waals surface area (Å²) in [5.74, 6) is 1.53. The van der Waals surface area contributed by atoms with Crippen molar-refractivity contribution in [2.24, 2.45) is 0 Å². The summed E-state index contributed by atoms with van der Waals surface area (Å²) >= 11 is 0. The minimum absolute atomic E-state index is 0.0203. The Balaban J connectivity index is 1.52. The maximum absolute atomic E-state index is 13.0. The third-order valence-electron chi connectivity index (χ3n) is 6.22. The molecule has 1 fully saturated rings. The topological polar surface area (TPSA) is 89.1 Å². The third kappa shape index (κ3) is 3.02. The smallest absolute Gasteiger partial charge is 0.256 e. The Morgan fingerprint density at radius 3 is 2.75 bits per heavy atom. The van der Waals surface area contributed by atoms with Gasteiger partial charge in [0.15, 0.2) is 5.75 Å². The van der Waals surface area contributed by atoms with E-state index in [1.165, 1.54) is 0 Å². The quantitative estimate of drug-likeness (QED) is 0.525. The van der Waals surface area contributed by atoms with Gasteiger partial charge in [0.2, 0.25) is 0 Å². The molecule has 1 aliphatic heterocycles. The van der Waals surface area contributed by atoms with Crippen molar-refractivity contribution in [2.75, 3.05) is 13.6 Å². The number of carbonyl (C=O) groups is 2. The molecule has 2 amide bonds. The van der Waals surface area contributed by atoms with Crippen molar-refractivity contribution in [1.82, 2.24) is 19.8 Å². The van der Waals surface area contributed by atoms with Crippen LogP contribution >= 0.6 is 0 Å². The number of benzene rings is 1. The van der Waals surface area contributed by atoms with Gasteiger partial charge in [-0.05, 0) is 44.9 Å². The molecule has 4 aromatic rings. The van der Waals surface area contributed by atoms with Gasteiger partial charge in [0.1, 0.15) is 22.6 Å². The van der Waals surface area contributed by atoms with Crippen LogP contribution in [0.1, 0.15) is 45.4 Å². The van der Waals surface area contributed by atoms with E-state index in [-0.39, 0.29) is 17.9 Å². The van der Waals surface area contributed by atoms with E-state index < -0.39 is 0 Å². The van der Waals surface area contributed by atoms with Gasteiger partial charge in [-0.3, -0.25) is 9.59 Å². The Hall–Kier alpha value is -3.81. The lowest BCUT2D eigenvalue weighted by Crippen LogP contribution is -2.49. The minimum Gasteiger partial charge on any atom is -0.460 e. The summed E-state index contributed by atoms with van der Waals surface area (Å²) in [6.45, 7) is 6.51. The van der Waals surface area contributed by atoms with Crippen LogP contribution in [0.15, 0.2) is 41.1 Å². The summed E-state index contributed by atoms with van der Waals surface area (Å²) in [6.07, 6.45) is 4.43. The zero-order valence-electron chi connectivity index (χ0n) is 18.4. The maximum Gasteiger partial charge on any atom is 0.256 e. The van der Waals surface area contributed by atoms with E-state index in [1.807, 2.05) is 17.9 Å². The molecule has 5 rings (SSSR count). The van der Waals surface area contributed by atoms with Gasteiger partial charge in [0.25, 0.3) is 11.8 Å².